The first kappa shape index (κ1) is 11.8. The number of rotatable bonds is 2. The lowest BCUT2D eigenvalue weighted by Crippen LogP contribution is -2.48. The molecule has 1 aromatic heterocycles. The number of morpholine rings is 1. The minimum atomic E-state index is -0.148. The van der Waals surface area contributed by atoms with Gasteiger partial charge in [-0.1, -0.05) is 0 Å². The molecule has 0 saturated carbocycles. The molecule has 1 aromatic rings. The second-order valence-electron chi connectivity index (χ2n) is 3.85. The summed E-state index contributed by atoms with van der Waals surface area (Å²) in [5.41, 5.74) is 0. The maximum atomic E-state index is 9.15. The third-order valence-electron chi connectivity index (χ3n) is 2.48. The third-order valence-corrected chi connectivity index (χ3v) is 3.04. The molecule has 1 fully saturated rings. The first-order valence-corrected chi connectivity index (χ1v) is 5.96. The van der Waals surface area contributed by atoms with Gasteiger partial charge in [-0.25, -0.2) is 9.97 Å². The van der Waals surface area contributed by atoms with E-state index in [0.29, 0.717) is 6.54 Å². The number of aliphatic hydroxyl groups is 1. The Morgan fingerprint density at radius 3 is 3.12 bits per heavy atom. The van der Waals surface area contributed by atoms with Crippen molar-refractivity contribution in [3.8, 4) is 0 Å². The number of halogens is 1. The summed E-state index contributed by atoms with van der Waals surface area (Å²) in [5, 5.41) is 9.15. The number of aromatic nitrogens is 2. The van der Waals surface area contributed by atoms with Crippen LogP contribution < -0.4 is 4.90 Å². The van der Waals surface area contributed by atoms with Gasteiger partial charge in [0.2, 0.25) is 0 Å². The number of anilines is 1. The molecule has 0 bridgehead atoms. The lowest BCUT2D eigenvalue weighted by molar-refractivity contribution is -0.0423. The molecule has 88 valence electrons. The fourth-order valence-corrected chi connectivity index (χ4v) is 2.33. The van der Waals surface area contributed by atoms with Gasteiger partial charge in [-0.2, -0.15) is 0 Å². The van der Waals surface area contributed by atoms with Crippen LogP contribution in [0.15, 0.2) is 17.0 Å². The van der Waals surface area contributed by atoms with E-state index in [-0.39, 0.29) is 18.8 Å². The maximum absolute atomic E-state index is 9.15. The van der Waals surface area contributed by atoms with Gasteiger partial charge in [-0.3, -0.25) is 0 Å². The van der Waals surface area contributed by atoms with Crippen molar-refractivity contribution in [2.24, 2.45) is 0 Å². The quantitative estimate of drug-likeness (QED) is 0.873. The van der Waals surface area contributed by atoms with E-state index in [1.807, 2.05) is 6.92 Å². The van der Waals surface area contributed by atoms with E-state index in [9.17, 15) is 0 Å². The second kappa shape index (κ2) is 5.07. The van der Waals surface area contributed by atoms with Crippen molar-refractivity contribution in [1.82, 2.24) is 9.97 Å². The highest BCUT2D eigenvalue weighted by Gasteiger charge is 2.26. The summed E-state index contributed by atoms with van der Waals surface area (Å²) in [6.07, 6.45) is 3.18. The fourth-order valence-electron chi connectivity index (χ4n) is 1.86. The van der Waals surface area contributed by atoms with Gasteiger partial charge in [0.25, 0.3) is 0 Å². The van der Waals surface area contributed by atoms with Crippen LogP contribution in [-0.2, 0) is 4.74 Å². The molecule has 2 rings (SSSR count). The van der Waals surface area contributed by atoms with Crippen molar-refractivity contribution >= 4 is 21.7 Å². The van der Waals surface area contributed by atoms with Crippen molar-refractivity contribution in [3.05, 3.63) is 17.0 Å². The Kier molecular flexibility index (Phi) is 3.73. The monoisotopic (exact) mass is 287 g/mol. The number of aliphatic hydroxyl groups excluding tert-OH is 1. The Morgan fingerprint density at radius 1 is 1.62 bits per heavy atom. The molecule has 0 spiro atoms. The molecule has 1 saturated heterocycles. The molecule has 0 amide bonds. The van der Waals surface area contributed by atoms with Gasteiger partial charge in [0.1, 0.15) is 12.1 Å². The molecular formula is C10H14BrN3O2. The van der Waals surface area contributed by atoms with Crippen LogP contribution in [-0.4, -0.2) is 47.0 Å². The molecule has 0 radical (unpaired) electrons. The van der Waals surface area contributed by atoms with E-state index in [1.165, 1.54) is 6.33 Å². The molecule has 2 heterocycles. The summed E-state index contributed by atoms with van der Waals surface area (Å²) in [7, 11) is 0. The van der Waals surface area contributed by atoms with E-state index in [1.54, 1.807) is 6.20 Å². The van der Waals surface area contributed by atoms with Crippen molar-refractivity contribution < 1.29 is 9.84 Å². The Morgan fingerprint density at radius 2 is 2.44 bits per heavy atom. The topological polar surface area (TPSA) is 58.5 Å². The van der Waals surface area contributed by atoms with Gasteiger partial charge in [0, 0.05) is 19.3 Å². The van der Waals surface area contributed by atoms with Crippen molar-refractivity contribution in [2.45, 2.75) is 19.1 Å². The molecule has 6 heteroatoms. The highest BCUT2D eigenvalue weighted by Crippen LogP contribution is 2.25. The van der Waals surface area contributed by atoms with Crippen LogP contribution in [0.25, 0.3) is 0 Å². The van der Waals surface area contributed by atoms with Gasteiger partial charge in [0.15, 0.2) is 0 Å². The molecule has 1 aliphatic rings. The van der Waals surface area contributed by atoms with E-state index < -0.39 is 0 Å². The number of hydrogen-bond acceptors (Lipinski definition) is 5. The van der Waals surface area contributed by atoms with E-state index >= 15 is 0 Å². The largest absolute Gasteiger partial charge is 0.394 e. The molecule has 2 atom stereocenters. The molecule has 2 unspecified atom stereocenters. The minimum absolute atomic E-state index is 0.0313. The summed E-state index contributed by atoms with van der Waals surface area (Å²) in [6.45, 7) is 3.44. The predicted molar refractivity (Wildman–Crippen MR) is 63.4 cm³/mol. The molecule has 16 heavy (non-hydrogen) atoms. The predicted octanol–water partition coefficient (Wildman–Crippen LogP) is 0.825. The molecule has 1 N–H and O–H groups in total. The molecule has 5 nitrogen and oxygen atoms in total. The van der Waals surface area contributed by atoms with Crippen LogP contribution in [0, 0.1) is 0 Å². The van der Waals surface area contributed by atoms with Gasteiger partial charge in [-0.15, -0.1) is 0 Å². The van der Waals surface area contributed by atoms with Gasteiger partial charge in [-0.05, 0) is 22.9 Å². The van der Waals surface area contributed by atoms with E-state index in [4.69, 9.17) is 9.84 Å². The molecule has 0 aromatic carbocycles. The maximum Gasteiger partial charge on any atom is 0.146 e. The van der Waals surface area contributed by atoms with Gasteiger partial charge in [0.05, 0.1) is 23.3 Å². The van der Waals surface area contributed by atoms with E-state index in [2.05, 4.69) is 30.8 Å². The van der Waals surface area contributed by atoms with Gasteiger partial charge >= 0.3 is 0 Å². The standard InChI is InChI=1S/C10H14BrN3O2/c1-7-3-14(4-8(5-15)16-7)10-9(11)2-12-6-13-10/h2,6-8,15H,3-5H2,1H3. The average Bonchev–Trinajstić information content (AvgIpc) is 2.28. The first-order valence-electron chi connectivity index (χ1n) is 5.17. The lowest BCUT2D eigenvalue weighted by Gasteiger charge is -2.37. The highest BCUT2D eigenvalue weighted by atomic mass is 79.9. The van der Waals surface area contributed by atoms with Crippen molar-refractivity contribution in [1.29, 1.82) is 0 Å². The minimum Gasteiger partial charge on any atom is -0.394 e. The Hall–Kier alpha value is -0.720. The van der Waals surface area contributed by atoms with Crippen molar-refractivity contribution in [2.75, 3.05) is 24.6 Å². The molecule has 1 aliphatic heterocycles. The van der Waals surface area contributed by atoms with Crippen molar-refractivity contribution in [3.63, 3.8) is 0 Å². The number of ether oxygens (including phenoxy) is 1. The summed E-state index contributed by atoms with van der Waals surface area (Å²) >= 11 is 3.42. The number of nitrogens with zero attached hydrogens (tertiary/aromatic N) is 3. The zero-order chi connectivity index (χ0) is 11.5. The Balaban J connectivity index is 2.17. The van der Waals surface area contributed by atoms with Crippen LogP contribution in [0.5, 0.6) is 0 Å². The van der Waals surface area contributed by atoms with Crippen LogP contribution in [0.1, 0.15) is 6.92 Å². The summed E-state index contributed by atoms with van der Waals surface area (Å²) in [6, 6.07) is 0. The fraction of sp³-hybridized carbons (Fsp3) is 0.600. The highest BCUT2D eigenvalue weighted by molar-refractivity contribution is 9.10. The Labute approximate surface area is 103 Å². The average molecular weight is 288 g/mol. The zero-order valence-electron chi connectivity index (χ0n) is 9.01. The number of hydrogen-bond donors (Lipinski definition) is 1. The summed E-state index contributed by atoms with van der Waals surface area (Å²) in [5.74, 6) is 0.851. The summed E-state index contributed by atoms with van der Waals surface area (Å²) in [4.78, 5) is 10.3. The summed E-state index contributed by atoms with van der Waals surface area (Å²) < 4.78 is 6.44. The van der Waals surface area contributed by atoms with Crippen LogP contribution in [0.4, 0.5) is 5.82 Å². The zero-order valence-corrected chi connectivity index (χ0v) is 10.6. The van der Waals surface area contributed by atoms with Gasteiger partial charge < -0.3 is 14.7 Å². The normalized spacial score (nSPS) is 25.8. The smallest absolute Gasteiger partial charge is 0.146 e. The van der Waals surface area contributed by atoms with Crippen LogP contribution in [0.2, 0.25) is 0 Å². The Bertz CT molecular complexity index is 364. The third kappa shape index (κ3) is 2.50. The molecular weight excluding hydrogens is 274 g/mol. The second-order valence-corrected chi connectivity index (χ2v) is 4.70. The molecule has 0 aliphatic carbocycles. The van der Waals surface area contributed by atoms with Crippen LogP contribution in [0.3, 0.4) is 0 Å². The van der Waals surface area contributed by atoms with E-state index in [0.717, 1.165) is 16.8 Å². The van der Waals surface area contributed by atoms with Crippen LogP contribution >= 0.6 is 15.9 Å². The SMILES string of the molecule is CC1CN(c2ncncc2Br)CC(CO)O1. The first-order chi connectivity index (χ1) is 7.70. The lowest BCUT2D eigenvalue weighted by atomic mass is 10.2.